The molecule has 0 bridgehead atoms. The van der Waals surface area contributed by atoms with Crippen molar-refractivity contribution in [2.45, 2.75) is 11.4 Å². The molecule has 0 unspecified atom stereocenters. The summed E-state index contributed by atoms with van der Waals surface area (Å²) in [5, 5.41) is 4.21. The number of benzene rings is 2. The maximum Gasteiger partial charge on any atom is 0.274 e. The molecule has 4 rings (SSSR count). The van der Waals surface area contributed by atoms with E-state index in [1.54, 1.807) is 0 Å². The van der Waals surface area contributed by atoms with Crippen molar-refractivity contribution < 1.29 is 17.6 Å². The van der Waals surface area contributed by atoms with Gasteiger partial charge >= 0.3 is 0 Å². The molecule has 0 aliphatic carbocycles. The second-order valence-corrected chi connectivity index (χ2v) is 9.29. The lowest BCUT2D eigenvalue weighted by Gasteiger charge is -2.33. The van der Waals surface area contributed by atoms with Gasteiger partial charge in [-0.2, -0.15) is 9.40 Å². The fraction of sp³-hybridized carbons (Fsp3) is 0.227. The molecule has 1 aliphatic rings. The van der Waals surface area contributed by atoms with E-state index in [1.165, 1.54) is 38.2 Å². The molecule has 1 fully saturated rings. The Labute approximate surface area is 184 Å². The molecule has 1 amide bonds. The number of aromatic nitrogens is 2. The number of rotatable bonds is 5. The van der Waals surface area contributed by atoms with Crippen molar-refractivity contribution in [2.24, 2.45) is 0 Å². The molecule has 1 saturated heterocycles. The Morgan fingerprint density at radius 2 is 1.56 bits per heavy atom. The third-order valence-corrected chi connectivity index (χ3v) is 7.15. The summed E-state index contributed by atoms with van der Waals surface area (Å²) in [5.41, 5.74) is 0.683. The number of carbonyl (C=O) groups excluding carboxylic acids is 1. The average molecular weight is 456 g/mol. The van der Waals surface area contributed by atoms with Gasteiger partial charge in [0.2, 0.25) is 10.0 Å². The van der Waals surface area contributed by atoms with Crippen LogP contribution >= 0.6 is 0 Å². The lowest BCUT2D eigenvalue weighted by Crippen LogP contribution is -2.50. The van der Waals surface area contributed by atoms with Crippen molar-refractivity contribution >= 4 is 15.9 Å². The topological polar surface area (TPSA) is 92.6 Å². The molecule has 10 heteroatoms. The molecular weight excluding hydrogens is 435 g/mol. The predicted octanol–water partition coefficient (Wildman–Crippen LogP) is 1.58. The van der Waals surface area contributed by atoms with Crippen LogP contribution in [-0.2, 0) is 16.6 Å². The fourth-order valence-corrected chi connectivity index (χ4v) is 4.90. The van der Waals surface area contributed by atoms with E-state index in [9.17, 15) is 22.4 Å². The normalized spacial score (nSPS) is 15.0. The van der Waals surface area contributed by atoms with Gasteiger partial charge in [-0.05, 0) is 35.9 Å². The fourth-order valence-electron chi connectivity index (χ4n) is 3.48. The third kappa shape index (κ3) is 4.61. The summed E-state index contributed by atoms with van der Waals surface area (Å²) in [4.78, 5) is 26.6. The maximum atomic E-state index is 13.1. The van der Waals surface area contributed by atoms with Gasteiger partial charge in [-0.3, -0.25) is 9.59 Å². The van der Waals surface area contributed by atoms with Crippen LogP contribution in [0.4, 0.5) is 4.39 Å². The Balaban J connectivity index is 1.45. The lowest BCUT2D eigenvalue weighted by molar-refractivity contribution is 0.0689. The summed E-state index contributed by atoms with van der Waals surface area (Å²) < 4.78 is 41.1. The van der Waals surface area contributed by atoms with E-state index in [1.807, 2.05) is 30.3 Å². The van der Waals surface area contributed by atoms with Gasteiger partial charge in [-0.15, -0.1) is 0 Å². The standard InChI is InChI=1S/C22H21FN4O4S/c23-18-6-8-19(9-7-18)32(30,31)26-14-12-25(13-15-26)22(29)20-10-11-21(28)27(24-20)16-17-4-2-1-3-5-17/h1-11H,12-16H2. The Hall–Kier alpha value is -3.37. The molecule has 166 valence electrons. The van der Waals surface area contributed by atoms with Gasteiger partial charge in [0, 0.05) is 32.2 Å². The Morgan fingerprint density at radius 3 is 2.22 bits per heavy atom. The molecule has 32 heavy (non-hydrogen) atoms. The zero-order valence-electron chi connectivity index (χ0n) is 17.1. The van der Waals surface area contributed by atoms with E-state index in [-0.39, 0.29) is 54.8 Å². The van der Waals surface area contributed by atoms with Crippen molar-refractivity contribution in [3.05, 3.63) is 94.2 Å². The number of amides is 1. The van der Waals surface area contributed by atoms with E-state index >= 15 is 0 Å². The Morgan fingerprint density at radius 1 is 0.906 bits per heavy atom. The molecule has 8 nitrogen and oxygen atoms in total. The predicted molar refractivity (Wildman–Crippen MR) is 115 cm³/mol. The first-order chi connectivity index (χ1) is 15.3. The number of piperazine rings is 1. The first-order valence-electron chi connectivity index (χ1n) is 10.0. The average Bonchev–Trinajstić information content (AvgIpc) is 2.81. The zero-order valence-corrected chi connectivity index (χ0v) is 17.9. The first-order valence-corrected chi connectivity index (χ1v) is 11.5. The Kier molecular flexibility index (Phi) is 6.15. The highest BCUT2D eigenvalue weighted by Gasteiger charge is 2.31. The largest absolute Gasteiger partial charge is 0.335 e. The number of nitrogens with zero attached hydrogens (tertiary/aromatic N) is 4. The number of hydrogen-bond acceptors (Lipinski definition) is 5. The molecule has 0 radical (unpaired) electrons. The van der Waals surface area contributed by atoms with Crippen LogP contribution in [0.25, 0.3) is 0 Å². The summed E-state index contributed by atoms with van der Waals surface area (Å²) in [5.74, 6) is -0.883. The van der Waals surface area contributed by atoms with Crippen LogP contribution in [-0.4, -0.2) is 59.5 Å². The monoisotopic (exact) mass is 456 g/mol. The summed E-state index contributed by atoms with van der Waals surface area (Å²) in [6.07, 6.45) is 0. The van der Waals surface area contributed by atoms with E-state index in [0.29, 0.717) is 0 Å². The molecule has 3 aromatic rings. The van der Waals surface area contributed by atoms with Crippen LogP contribution < -0.4 is 5.56 Å². The van der Waals surface area contributed by atoms with Gasteiger partial charge < -0.3 is 4.90 Å². The third-order valence-electron chi connectivity index (χ3n) is 5.24. The first kappa shape index (κ1) is 21.8. The Bertz CT molecular complexity index is 1270. The van der Waals surface area contributed by atoms with Crippen LogP contribution in [0, 0.1) is 5.82 Å². The number of halogens is 1. The van der Waals surface area contributed by atoms with Crippen molar-refractivity contribution in [2.75, 3.05) is 26.2 Å². The summed E-state index contributed by atoms with van der Waals surface area (Å²) in [6.45, 7) is 0.812. The van der Waals surface area contributed by atoms with Crippen LogP contribution in [0.5, 0.6) is 0 Å². The molecule has 1 aromatic heterocycles. The van der Waals surface area contributed by atoms with Gasteiger partial charge in [0.1, 0.15) is 11.5 Å². The van der Waals surface area contributed by atoms with Crippen molar-refractivity contribution in [1.29, 1.82) is 0 Å². The smallest absolute Gasteiger partial charge is 0.274 e. The van der Waals surface area contributed by atoms with Crippen molar-refractivity contribution in [3.63, 3.8) is 0 Å². The molecule has 0 saturated carbocycles. The second kappa shape index (κ2) is 9.01. The number of hydrogen-bond donors (Lipinski definition) is 0. The molecule has 0 N–H and O–H groups in total. The summed E-state index contributed by atoms with van der Waals surface area (Å²) in [6, 6.07) is 16.6. The van der Waals surface area contributed by atoms with Crippen molar-refractivity contribution in [1.82, 2.24) is 19.0 Å². The number of carbonyl (C=O) groups is 1. The summed E-state index contributed by atoms with van der Waals surface area (Å²) in [7, 11) is -3.77. The van der Waals surface area contributed by atoms with Crippen LogP contribution in [0.15, 0.2) is 76.4 Å². The van der Waals surface area contributed by atoms with Crippen LogP contribution in [0.3, 0.4) is 0 Å². The van der Waals surface area contributed by atoms with Gasteiger partial charge in [-0.1, -0.05) is 30.3 Å². The highest BCUT2D eigenvalue weighted by molar-refractivity contribution is 7.89. The molecular formula is C22H21FN4O4S. The number of sulfonamides is 1. The van der Waals surface area contributed by atoms with Gasteiger partial charge in [-0.25, -0.2) is 17.5 Å². The summed E-state index contributed by atoms with van der Waals surface area (Å²) >= 11 is 0. The molecule has 0 atom stereocenters. The van der Waals surface area contributed by atoms with Gasteiger partial charge in [0.15, 0.2) is 0 Å². The SMILES string of the molecule is O=C(c1ccc(=O)n(Cc2ccccc2)n1)N1CCN(S(=O)(=O)c2ccc(F)cc2)CC1. The maximum absolute atomic E-state index is 13.1. The van der Waals surface area contributed by atoms with Crippen LogP contribution in [0.1, 0.15) is 16.1 Å². The van der Waals surface area contributed by atoms with E-state index in [2.05, 4.69) is 5.10 Å². The second-order valence-electron chi connectivity index (χ2n) is 7.35. The van der Waals surface area contributed by atoms with E-state index in [4.69, 9.17) is 0 Å². The minimum Gasteiger partial charge on any atom is -0.335 e. The van der Waals surface area contributed by atoms with E-state index < -0.39 is 15.8 Å². The van der Waals surface area contributed by atoms with Gasteiger partial charge in [0.05, 0.1) is 11.4 Å². The minimum atomic E-state index is -3.77. The highest BCUT2D eigenvalue weighted by Crippen LogP contribution is 2.18. The van der Waals surface area contributed by atoms with Crippen LogP contribution in [0.2, 0.25) is 0 Å². The molecule has 2 heterocycles. The van der Waals surface area contributed by atoms with Crippen molar-refractivity contribution in [3.8, 4) is 0 Å². The quantitative estimate of drug-likeness (QED) is 0.581. The molecule has 1 aliphatic heterocycles. The minimum absolute atomic E-state index is 0.00771. The van der Waals surface area contributed by atoms with Gasteiger partial charge in [0.25, 0.3) is 11.5 Å². The highest BCUT2D eigenvalue weighted by atomic mass is 32.2. The molecule has 0 spiro atoms. The van der Waals surface area contributed by atoms with E-state index in [0.717, 1.165) is 17.7 Å². The zero-order chi connectivity index (χ0) is 22.7. The lowest BCUT2D eigenvalue weighted by atomic mass is 10.2. The molecule has 2 aromatic carbocycles.